The molecule has 0 aliphatic heterocycles. The van der Waals surface area contributed by atoms with Crippen LogP contribution in [-0.2, 0) is 0 Å². The fourth-order valence-electron chi connectivity index (χ4n) is 2.73. The summed E-state index contributed by atoms with van der Waals surface area (Å²) < 4.78 is 0. The zero-order valence-electron chi connectivity index (χ0n) is 11.5. The van der Waals surface area contributed by atoms with Gasteiger partial charge in [0, 0.05) is 22.1 Å². The van der Waals surface area contributed by atoms with Gasteiger partial charge < -0.3 is 0 Å². The highest BCUT2D eigenvalue weighted by Gasteiger charge is 2.20. The molecule has 0 unspecified atom stereocenters. The van der Waals surface area contributed by atoms with Crippen LogP contribution in [0.4, 0.5) is 0 Å². The number of thioether (sulfide) groups is 1. The molecule has 2 nitrogen and oxygen atoms in total. The van der Waals surface area contributed by atoms with Crippen molar-refractivity contribution in [3.05, 3.63) is 41.2 Å². The minimum atomic E-state index is 0.547. The highest BCUT2D eigenvalue weighted by atomic mass is 35.5. The van der Waals surface area contributed by atoms with Crippen LogP contribution < -0.4 is 0 Å². The van der Waals surface area contributed by atoms with Gasteiger partial charge in [0.1, 0.15) is 5.15 Å². The molecular formula is C16H17ClN2S. The van der Waals surface area contributed by atoms with E-state index < -0.39 is 0 Å². The Balaban J connectivity index is 1.95. The van der Waals surface area contributed by atoms with E-state index in [1.54, 1.807) is 11.8 Å². The lowest BCUT2D eigenvalue weighted by Gasteiger charge is -2.10. The van der Waals surface area contributed by atoms with Gasteiger partial charge in [-0.05, 0) is 37.3 Å². The summed E-state index contributed by atoms with van der Waals surface area (Å²) in [4.78, 5) is 10.4. The van der Waals surface area contributed by atoms with E-state index >= 15 is 0 Å². The summed E-state index contributed by atoms with van der Waals surface area (Å²) >= 11 is 7.91. The maximum absolute atomic E-state index is 6.18. The molecule has 3 rings (SSSR count). The predicted molar refractivity (Wildman–Crippen MR) is 85.5 cm³/mol. The third kappa shape index (κ3) is 2.99. The highest BCUT2D eigenvalue weighted by Crippen LogP contribution is 2.34. The second kappa shape index (κ2) is 6.15. The second-order valence-corrected chi connectivity index (χ2v) is 6.42. The van der Waals surface area contributed by atoms with Crippen LogP contribution in [0.5, 0.6) is 0 Å². The number of rotatable bonds is 3. The van der Waals surface area contributed by atoms with E-state index in [4.69, 9.17) is 16.6 Å². The van der Waals surface area contributed by atoms with Crippen molar-refractivity contribution in [1.29, 1.82) is 0 Å². The van der Waals surface area contributed by atoms with Gasteiger partial charge in [-0.25, -0.2) is 9.97 Å². The Kier molecular flexibility index (Phi) is 4.27. The van der Waals surface area contributed by atoms with Crippen LogP contribution in [0.25, 0.3) is 11.4 Å². The first-order valence-electron chi connectivity index (χ1n) is 6.95. The molecule has 1 aliphatic carbocycles. The Labute approximate surface area is 129 Å². The molecular weight excluding hydrogens is 288 g/mol. The predicted octanol–water partition coefficient (Wildman–Crippen LogP) is 5.18. The number of nitrogens with zero attached hydrogens (tertiary/aromatic N) is 2. The SMILES string of the molecule is CSc1ccc(-c2nc(Cl)cc(C3CCCC3)n2)cc1. The molecule has 1 aromatic carbocycles. The molecule has 20 heavy (non-hydrogen) atoms. The van der Waals surface area contributed by atoms with E-state index in [0.29, 0.717) is 11.1 Å². The van der Waals surface area contributed by atoms with E-state index in [1.165, 1.54) is 30.6 Å². The third-order valence-electron chi connectivity index (χ3n) is 3.84. The van der Waals surface area contributed by atoms with Crippen LogP contribution in [0.2, 0.25) is 5.15 Å². The van der Waals surface area contributed by atoms with Gasteiger partial charge in [-0.1, -0.05) is 36.6 Å². The largest absolute Gasteiger partial charge is 0.233 e. The van der Waals surface area contributed by atoms with Gasteiger partial charge >= 0.3 is 0 Å². The number of aromatic nitrogens is 2. The molecule has 0 N–H and O–H groups in total. The van der Waals surface area contributed by atoms with Crippen molar-refractivity contribution >= 4 is 23.4 Å². The first kappa shape index (κ1) is 13.9. The maximum Gasteiger partial charge on any atom is 0.161 e. The van der Waals surface area contributed by atoms with Crippen LogP contribution in [0.15, 0.2) is 35.2 Å². The summed E-state index contributed by atoms with van der Waals surface area (Å²) in [7, 11) is 0. The van der Waals surface area contributed by atoms with Gasteiger partial charge in [-0.2, -0.15) is 0 Å². The van der Waals surface area contributed by atoms with E-state index in [1.807, 2.05) is 6.07 Å². The van der Waals surface area contributed by atoms with Crippen LogP contribution >= 0.6 is 23.4 Å². The van der Waals surface area contributed by atoms with Crippen LogP contribution in [0.3, 0.4) is 0 Å². The highest BCUT2D eigenvalue weighted by molar-refractivity contribution is 7.98. The lowest BCUT2D eigenvalue weighted by molar-refractivity contribution is 0.695. The summed E-state index contributed by atoms with van der Waals surface area (Å²) in [5.41, 5.74) is 2.14. The Bertz CT molecular complexity index is 592. The van der Waals surface area contributed by atoms with Crippen molar-refractivity contribution < 1.29 is 0 Å². The summed E-state index contributed by atoms with van der Waals surface area (Å²) in [6.45, 7) is 0. The standard InChI is InChI=1S/C16H17ClN2S/c1-20-13-8-6-12(7-9-13)16-18-14(10-15(17)19-16)11-4-2-3-5-11/h6-11H,2-5H2,1H3. The molecule has 0 bridgehead atoms. The van der Waals surface area contributed by atoms with Crippen molar-refractivity contribution in [2.45, 2.75) is 36.5 Å². The Morgan fingerprint density at radius 2 is 1.80 bits per heavy atom. The minimum Gasteiger partial charge on any atom is -0.233 e. The molecule has 1 aromatic heterocycles. The normalized spacial score (nSPS) is 15.7. The fraction of sp³-hybridized carbons (Fsp3) is 0.375. The topological polar surface area (TPSA) is 25.8 Å². The zero-order chi connectivity index (χ0) is 13.9. The van der Waals surface area contributed by atoms with Crippen LogP contribution in [-0.4, -0.2) is 16.2 Å². The van der Waals surface area contributed by atoms with Crippen molar-refractivity contribution in [2.24, 2.45) is 0 Å². The van der Waals surface area contributed by atoms with Crippen LogP contribution in [0.1, 0.15) is 37.3 Å². The Morgan fingerprint density at radius 1 is 1.10 bits per heavy atom. The number of halogens is 1. The summed E-state index contributed by atoms with van der Waals surface area (Å²) in [6.07, 6.45) is 7.10. The molecule has 0 amide bonds. The average molecular weight is 305 g/mol. The average Bonchev–Trinajstić information content (AvgIpc) is 3.01. The lowest BCUT2D eigenvalue weighted by Crippen LogP contribution is -2.00. The van der Waals surface area contributed by atoms with Gasteiger partial charge in [0.15, 0.2) is 5.82 Å². The Hall–Kier alpha value is -1.06. The maximum atomic E-state index is 6.18. The number of hydrogen-bond acceptors (Lipinski definition) is 3. The first-order chi connectivity index (χ1) is 9.76. The molecule has 0 saturated heterocycles. The lowest BCUT2D eigenvalue weighted by atomic mass is 10.0. The second-order valence-electron chi connectivity index (χ2n) is 5.15. The van der Waals surface area contributed by atoms with E-state index in [0.717, 1.165) is 17.1 Å². The molecule has 0 radical (unpaired) electrons. The molecule has 2 aromatic rings. The molecule has 1 heterocycles. The van der Waals surface area contributed by atoms with Gasteiger partial charge in [0.25, 0.3) is 0 Å². The third-order valence-corrected chi connectivity index (χ3v) is 4.77. The van der Waals surface area contributed by atoms with Crippen LogP contribution in [0, 0.1) is 0 Å². The van der Waals surface area contributed by atoms with Gasteiger partial charge in [0.05, 0.1) is 0 Å². The molecule has 0 atom stereocenters. The Morgan fingerprint density at radius 3 is 2.45 bits per heavy atom. The smallest absolute Gasteiger partial charge is 0.161 e. The monoisotopic (exact) mass is 304 g/mol. The first-order valence-corrected chi connectivity index (χ1v) is 8.55. The summed E-state index contributed by atoms with van der Waals surface area (Å²) in [5, 5.41) is 0.547. The fourth-order valence-corrected chi connectivity index (χ4v) is 3.34. The zero-order valence-corrected chi connectivity index (χ0v) is 13.0. The molecule has 1 saturated carbocycles. The molecule has 0 spiro atoms. The van der Waals surface area contributed by atoms with E-state index in [9.17, 15) is 0 Å². The van der Waals surface area contributed by atoms with Crippen molar-refractivity contribution in [3.63, 3.8) is 0 Å². The minimum absolute atomic E-state index is 0.547. The summed E-state index contributed by atoms with van der Waals surface area (Å²) in [5.74, 6) is 1.30. The number of hydrogen-bond donors (Lipinski definition) is 0. The van der Waals surface area contributed by atoms with Gasteiger partial charge in [-0.3, -0.25) is 0 Å². The van der Waals surface area contributed by atoms with E-state index in [-0.39, 0.29) is 0 Å². The van der Waals surface area contributed by atoms with Gasteiger partial charge in [0.2, 0.25) is 0 Å². The molecule has 104 valence electrons. The molecule has 1 fully saturated rings. The molecule has 4 heteroatoms. The quantitative estimate of drug-likeness (QED) is 0.577. The van der Waals surface area contributed by atoms with Crippen molar-refractivity contribution in [1.82, 2.24) is 9.97 Å². The van der Waals surface area contributed by atoms with E-state index in [2.05, 4.69) is 35.5 Å². The van der Waals surface area contributed by atoms with Gasteiger partial charge in [-0.15, -0.1) is 11.8 Å². The van der Waals surface area contributed by atoms with Crippen molar-refractivity contribution in [3.8, 4) is 11.4 Å². The molecule has 1 aliphatic rings. The van der Waals surface area contributed by atoms with Crippen molar-refractivity contribution in [2.75, 3.05) is 6.26 Å². The summed E-state index contributed by atoms with van der Waals surface area (Å²) in [6, 6.07) is 10.3. The number of benzene rings is 1.